The number of carbonyl (C=O) groups is 2. The van der Waals surface area contributed by atoms with Crippen LogP contribution in [-0.2, 0) is 4.79 Å². The molecular weight excluding hydrogens is 322 g/mol. The highest BCUT2D eigenvalue weighted by Gasteiger charge is 2.26. The van der Waals surface area contributed by atoms with Crippen LogP contribution in [-0.4, -0.2) is 35.8 Å². The molecule has 3 rings (SSSR count). The Bertz CT molecular complexity index is 673. The molecule has 1 aromatic heterocycles. The SMILES string of the molecule is O=C(CCC(=O)c1ccccc1)NCC1CCCN1c1nccs1. The number of amides is 1. The molecule has 1 atom stereocenters. The summed E-state index contributed by atoms with van der Waals surface area (Å²) in [5.74, 6) is -0.0544. The highest BCUT2D eigenvalue weighted by molar-refractivity contribution is 7.13. The first kappa shape index (κ1) is 16.6. The summed E-state index contributed by atoms with van der Waals surface area (Å²) in [7, 11) is 0. The standard InChI is InChI=1S/C18H21N3O2S/c22-16(14-5-2-1-3-6-14)8-9-17(23)20-13-15-7-4-11-21(15)18-19-10-12-24-18/h1-3,5-6,10,12,15H,4,7-9,11,13H2,(H,20,23). The molecule has 1 amide bonds. The molecule has 5 nitrogen and oxygen atoms in total. The van der Waals surface area contributed by atoms with Gasteiger partial charge in [-0.25, -0.2) is 4.98 Å². The minimum atomic E-state index is -0.0646. The third-order valence-electron chi connectivity index (χ3n) is 4.25. The van der Waals surface area contributed by atoms with Crippen LogP contribution in [0, 0.1) is 0 Å². The summed E-state index contributed by atoms with van der Waals surface area (Å²) in [6, 6.07) is 9.40. The van der Waals surface area contributed by atoms with Gasteiger partial charge in [0.2, 0.25) is 5.91 Å². The van der Waals surface area contributed by atoms with Gasteiger partial charge in [-0.1, -0.05) is 30.3 Å². The Morgan fingerprint density at radius 1 is 1.25 bits per heavy atom. The zero-order chi connectivity index (χ0) is 16.8. The van der Waals surface area contributed by atoms with Gasteiger partial charge < -0.3 is 10.2 Å². The van der Waals surface area contributed by atoms with Crippen molar-refractivity contribution in [1.82, 2.24) is 10.3 Å². The number of nitrogens with one attached hydrogen (secondary N) is 1. The maximum Gasteiger partial charge on any atom is 0.220 e. The van der Waals surface area contributed by atoms with Gasteiger partial charge in [0.1, 0.15) is 0 Å². The number of ketones is 1. The normalized spacial score (nSPS) is 17.0. The number of hydrogen-bond acceptors (Lipinski definition) is 5. The smallest absolute Gasteiger partial charge is 0.220 e. The number of anilines is 1. The Balaban J connectivity index is 1.43. The van der Waals surface area contributed by atoms with Gasteiger partial charge in [0.25, 0.3) is 0 Å². The number of Topliss-reactive ketones (excluding diaryl/α,β-unsaturated/α-hetero) is 1. The second kappa shape index (κ2) is 8.06. The van der Waals surface area contributed by atoms with E-state index in [1.54, 1.807) is 23.5 Å². The summed E-state index contributed by atoms with van der Waals surface area (Å²) in [5.41, 5.74) is 0.663. The number of carbonyl (C=O) groups excluding carboxylic acids is 2. The zero-order valence-electron chi connectivity index (χ0n) is 13.5. The number of nitrogens with zero attached hydrogens (tertiary/aromatic N) is 2. The first-order valence-electron chi connectivity index (χ1n) is 8.25. The molecule has 1 fully saturated rings. The minimum absolute atomic E-state index is 0.0102. The van der Waals surface area contributed by atoms with Crippen LogP contribution < -0.4 is 10.2 Å². The molecule has 1 N–H and O–H groups in total. The summed E-state index contributed by atoms with van der Waals surface area (Å²) in [6.07, 6.45) is 4.47. The van der Waals surface area contributed by atoms with E-state index in [0.717, 1.165) is 24.5 Å². The number of benzene rings is 1. The molecule has 2 heterocycles. The quantitative estimate of drug-likeness (QED) is 0.785. The van der Waals surface area contributed by atoms with E-state index in [9.17, 15) is 9.59 Å². The molecular formula is C18H21N3O2S. The van der Waals surface area contributed by atoms with Gasteiger partial charge in [-0.2, -0.15) is 0 Å². The van der Waals surface area contributed by atoms with Gasteiger partial charge in [-0.3, -0.25) is 9.59 Å². The summed E-state index contributed by atoms with van der Waals surface area (Å²) in [4.78, 5) is 30.7. The van der Waals surface area contributed by atoms with Gasteiger partial charge in [0.15, 0.2) is 10.9 Å². The Labute approximate surface area is 145 Å². The molecule has 0 radical (unpaired) electrons. The largest absolute Gasteiger partial charge is 0.354 e. The van der Waals surface area contributed by atoms with E-state index >= 15 is 0 Å². The predicted octanol–water partition coefficient (Wildman–Crippen LogP) is 2.89. The highest BCUT2D eigenvalue weighted by Crippen LogP contribution is 2.26. The van der Waals surface area contributed by atoms with Crippen molar-refractivity contribution in [1.29, 1.82) is 0 Å². The lowest BCUT2D eigenvalue weighted by atomic mass is 10.1. The second-order valence-corrected chi connectivity index (χ2v) is 6.77. The summed E-state index contributed by atoms with van der Waals surface area (Å²) in [6.45, 7) is 1.60. The molecule has 0 bridgehead atoms. The van der Waals surface area contributed by atoms with Crippen LogP contribution >= 0.6 is 11.3 Å². The molecule has 126 valence electrons. The fourth-order valence-electron chi connectivity index (χ4n) is 2.97. The molecule has 1 aromatic carbocycles. The summed E-state index contributed by atoms with van der Waals surface area (Å²) >= 11 is 1.63. The molecule has 1 saturated heterocycles. The van der Waals surface area contributed by atoms with Crippen molar-refractivity contribution in [3.05, 3.63) is 47.5 Å². The van der Waals surface area contributed by atoms with Crippen molar-refractivity contribution in [2.45, 2.75) is 31.7 Å². The van der Waals surface area contributed by atoms with Crippen LogP contribution in [0.1, 0.15) is 36.0 Å². The maximum absolute atomic E-state index is 12.0. The van der Waals surface area contributed by atoms with Gasteiger partial charge in [-0.15, -0.1) is 11.3 Å². The van der Waals surface area contributed by atoms with Crippen LogP contribution in [0.5, 0.6) is 0 Å². The average Bonchev–Trinajstić information content (AvgIpc) is 3.29. The van der Waals surface area contributed by atoms with E-state index in [1.165, 1.54) is 0 Å². The van der Waals surface area contributed by atoms with Gasteiger partial charge >= 0.3 is 0 Å². The Hall–Kier alpha value is -2.21. The number of aromatic nitrogens is 1. The molecule has 2 aromatic rings. The fourth-order valence-corrected chi connectivity index (χ4v) is 3.71. The summed E-state index contributed by atoms with van der Waals surface area (Å²) < 4.78 is 0. The van der Waals surface area contributed by atoms with Crippen LogP contribution in [0.4, 0.5) is 5.13 Å². The van der Waals surface area contributed by atoms with Gasteiger partial charge in [0.05, 0.1) is 0 Å². The molecule has 6 heteroatoms. The molecule has 0 spiro atoms. The molecule has 1 unspecified atom stereocenters. The van der Waals surface area contributed by atoms with Crippen LogP contribution in [0.25, 0.3) is 0 Å². The molecule has 0 saturated carbocycles. The molecule has 1 aliphatic rings. The summed E-state index contributed by atoms with van der Waals surface area (Å²) in [5, 5.41) is 5.96. The Morgan fingerprint density at radius 3 is 2.83 bits per heavy atom. The Kier molecular flexibility index (Phi) is 5.59. The number of thiazole rings is 1. The van der Waals surface area contributed by atoms with Crippen molar-refractivity contribution >= 4 is 28.2 Å². The van der Waals surface area contributed by atoms with Crippen molar-refractivity contribution in [3.8, 4) is 0 Å². The lowest BCUT2D eigenvalue weighted by molar-refractivity contribution is -0.121. The average molecular weight is 343 g/mol. The van der Waals surface area contributed by atoms with Crippen LogP contribution in [0.2, 0.25) is 0 Å². The lowest BCUT2D eigenvalue weighted by Gasteiger charge is -2.24. The van der Waals surface area contributed by atoms with Crippen molar-refractivity contribution in [2.24, 2.45) is 0 Å². The van der Waals surface area contributed by atoms with Crippen molar-refractivity contribution < 1.29 is 9.59 Å². The number of hydrogen-bond donors (Lipinski definition) is 1. The van der Waals surface area contributed by atoms with Crippen molar-refractivity contribution in [3.63, 3.8) is 0 Å². The number of rotatable bonds is 7. The first-order valence-corrected chi connectivity index (χ1v) is 9.13. The Morgan fingerprint density at radius 2 is 2.08 bits per heavy atom. The lowest BCUT2D eigenvalue weighted by Crippen LogP contribution is -2.40. The van der Waals surface area contributed by atoms with E-state index < -0.39 is 0 Å². The van der Waals surface area contributed by atoms with Gasteiger partial charge in [0, 0.05) is 49.1 Å². The first-order chi connectivity index (χ1) is 11.7. The third kappa shape index (κ3) is 4.20. The zero-order valence-corrected chi connectivity index (χ0v) is 14.3. The van der Waals surface area contributed by atoms with E-state index in [0.29, 0.717) is 18.2 Å². The van der Waals surface area contributed by atoms with Gasteiger partial charge in [-0.05, 0) is 12.8 Å². The van der Waals surface area contributed by atoms with Crippen LogP contribution in [0.3, 0.4) is 0 Å². The second-order valence-electron chi connectivity index (χ2n) is 5.90. The maximum atomic E-state index is 12.0. The molecule has 0 aliphatic carbocycles. The van der Waals surface area contributed by atoms with Crippen LogP contribution in [0.15, 0.2) is 41.9 Å². The predicted molar refractivity (Wildman–Crippen MR) is 95.5 cm³/mol. The monoisotopic (exact) mass is 343 g/mol. The minimum Gasteiger partial charge on any atom is -0.354 e. The van der Waals surface area contributed by atoms with Crippen molar-refractivity contribution in [2.75, 3.05) is 18.0 Å². The van der Waals surface area contributed by atoms with E-state index in [4.69, 9.17) is 0 Å². The van der Waals surface area contributed by atoms with E-state index in [2.05, 4.69) is 15.2 Å². The van der Waals surface area contributed by atoms with E-state index in [1.807, 2.05) is 29.8 Å². The molecule has 24 heavy (non-hydrogen) atoms. The highest BCUT2D eigenvalue weighted by atomic mass is 32.1. The third-order valence-corrected chi connectivity index (χ3v) is 5.06. The van der Waals surface area contributed by atoms with E-state index in [-0.39, 0.29) is 24.5 Å². The molecule has 1 aliphatic heterocycles. The fraction of sp³-hybridized carbons (Fsp3) is 0.389. The topological polar surface area (TPSA) is 62.3 Å².